The first-order valence-corrected chi connectivity index (χ1v) is 7.98. The van der Waals surface area contributed by atoms with E-state index in [1.54, 1.807) is 12.1 Å². The van der Waals surface area contributed by atoms with Crippen LogP contribution in [0.25, 0.3) is 0 Å². The summed E-state index contributed by atoms with van der Waals surface area (Å²) in [5.41, 5.74) is 0.807. The second-order valence-corrected chi connectivity index (χ2v) is 6.27. The van der Waals surface area contributed by atoms with Crippen LogP contribution < -0.4 is 4.74 Å². The van der Waals surface area contributed by atoms with E-state index in [0.29, 0.717) is 12.3 Å². The summed E-state index contributed by atoms with van der Waals surface area (Å²) in [6.45, 7) is 5.93. The van der Waals surface area contributed by atoms with Crippen LogP contribution in [0.3, 0.4) is 0 Å². The topological polar surface area (TPSA) is 32.8 Å². The summed E-state index contributed by atoms with van der Waals surface area (Å²) in [6, 6.07) is 6.25. The van der Waals surface area contributed by atoms with Gasteiger partial charge < -0.3 is 9.64 Å². The van der Waals surface area contributed by atoms with Crippen molar-refractivity contribution in [2.75, 3.05) is 32.7 Å². The van der Waals surface area contributed by atoms with Gasteiger partial charge in [0.25, 0.3) is 0 Å². The van der Waals surface area contributed by atoms with E-state index in [1.807, 2.05) is 4.90 Å². The predicted octanol–water partition coefficient (Wildman–Crippen LogP) is 2.63. The molecule has 1 aromatic carbocycles. The lowest BCUT2D eigenvalue weighted by Crippen LogP contribution is -2.49. The van der Waals surface area contributed by atoms with Gasteiger partial charge in [0.05, 0.1) is 6.42 Å². The minimum Gasteiger partial charge on any atom is -0.435 e. The molecule has 1 heterocycles. The smallest absolute Gasteiger partial charge is 0.387 e. The molecule has 0 bridgehead atoms. The molecule has 1 amide bonds. The van der Waals surface area contributed by atoms with Crippen molar-refractivity contribution < 1.29 is 18.3 Å². The van der Waals surface area contributed by atoms with Crippen LogP contribution in [0.1, 0.15) is 19.4 Å². The van der Waals surface area contributed by atoms with E-state index in [1.165, 1.54) is 12.1 Å². The summed E-state index contributed by atoms with van der Waals surface area (Å²) >= 11 is 0. The van der Waals surface area contributed by atoms with Gasteiger partial charge in [0.2, 0.25) is 5.91 Å². The van der Waals surface area contributed by atoms with E-state index in [9.17, 15) is 13.6 Å². The number of piperazine rings is 1. The van der Waals surface area contributed by atoms with Gasteiger partial charge in [-0.25, -0.2) is 0 Å². The number of hydrogen-bond donors (Lipinski definition) is 0. The van der Waals surface area contributed by atoms with Gasteiger partial charge in [-0.3, -0.25) is 9.69 Å². The van der Waals surface area contributed by atoms with Crippen LogP contribution in [0, 0.1) is 5.92 Å². The fraction of sp³-hybridized carbons (Fsp3) is 0.588. The van der Waals surface area contributed by atoms with Crippen LogP contribution in [0.2, 0.25) is 0 Å². The Bertz CT molecular complexity index is 498. The van der Waals surface area contributed by atoms with Crippen LogP contribution in [0.15, 0.2) is 24.3 Å². The minimum atomic E-state index is -2.83. The Morgan fingerprint density at radius 1 is 1.13 bits per heavy atom. The molecule has 1 fully saturated rings. The van der Waals surface area contributed by atoms with E-state index in [4.69, 9.17) is 0 Å². The van der Waals surface area contributed by atoms with E-state index >= 15 is 0 Å². The van der Waals surface area contributed by atoms with Gasteiger partial charge in [0, 0.05) is 32.7 Å². The summed E-state index contributed by atoms with van der Waals surface area (Å²) in [4.78, 5) is 16.6. The van der Waals surface area contributed by atoms with Crippen molar-refractivity contribution in [3.8, 4) is 5.75 Å². The van der Waals surface area contributed by atoms with Crippen LogP contribution in [0.4, 0.5) is 8.78 Å². The lowest BCUT2D eigenvalue weighted by atomic mass is 10.1. The number of hydrogen-bond acceptors (Lipinski definition) is 3. The van der Waals surface area contributed by atoms with Crippen molar-refractivity contribution in [1.82, 2.24) is 9.80 Å². The summed E-state index contributed by atoms with van der Waals surface area (Å²) in [6.07, 6.45) is 0.291. The van der Waals surface area contributed by atoms with Crippen LogP contribution >= 0.6 is 0 Å². The number of nitrogens with zero attached hydrogens (tertiary/aromatic N) is 2. The zero-order chi connectivity index (χ0) is 16.8. The highest BCUT2D eigenvalue weighted by Gasteiger charge is 2.21. The van der Waals surface area contributed by atoms with Gasteiger partial charge in [-0.2, -0.15) is 8.78 Å². The Labute approximate surface area is 136 Å². The van der Waals surface area contributed by atoms with Crippen LogP contribution in [-0.2, 0) is 11.2 Å². The first kappa shape index (κ1) is 17.7. The Kier molecular flexibility index (Phi) is 6.33. The maximum absolute atomic E-state index is 12.3. The number of rotatable bonds is 6. The van der Waals surface area contributed by atoms with E-state index in [-0.39, 0.29) is 11.7 Å². The number of benzene rings is 1. The molecule has 0 spiro atoms. The Balaban J connectivity index is 1.81. The maximum Gasteiger partial charge on any atom is 0.387 e. The number of carbonyl (C=O) groups is 1. The van der Waals surface area contributed by atoms with Gasteiger partial charge in [0.1, 0.15) is 5.75 Å². The minimum absolute atomic E-state index is 0.0803. The summed E-state index contributed by atoms with van der Waals surface area (Å²) in [7, 11) is 0. The van der Waals surface area contributed by atoms with Gasteiger partial charge >= 0.3 is 6.61 Å². The second kappa shape index (κ2) is 8.24. The molecule has 0 aromatic heterocycles. The highest BCUT2D eigenvalue weighted by atomic mass is 19.3. The molecule has 2 rings (SSSR count). The monoisotopic (exact) mass is 326 g/mol. The van der Waals surface area contributed by atoms with Gasteiger partial charge in [0.15, 0.2) is 0 Å². The first-order chi connectivity index (χ1) is 10.9. The second-order valence-electron chi connectivity index (χ2n) is 6.27. The zero-order valence-electron chi connectivity index (χ0n) is 13.7. The van der Waals surface area contributed by atoms with Crippen molar-refractivity contribution in [1.29, 1.82) is 0 Å². The van der Waals surface area contributed by atoms with E-state index < -0.39 is 6.61 Å². The average molecular weight is 326 g/mol. The molecule has 6 heteroatoms. The summed E-state index contributed by atoms with van der Waals surface area (Å²) < 4.78 is 28.5. The van der Waals surface area contributed by atoms with E-state index in [0.717, 1.165) is 38.3 Å². The SMILES string of the molecule is CC(C)CN1CCN(C(=O)Cc2ccc(OC(F)F)cc2)CC1. The molecule has 23 heavy (non-hydrogen) atoms. The van der Waals surface area contributed by atoms with Gasteiger partial charge in [-0.15, -0.1) is 0 Å². The highest BCUT2D eigenvalue weighted by Crippen LogP contribution is 2.16. The van der Waals surface area contributed by atoms with E-state index in [2.05, 4.69) is 23.5 Å². The van der Waals surface area contributed by atoms with Gasteiger partial charge in [-0.1, -0.05) is 26.0 Å². The Morgan fingerprint density at radius 2 is 1.74 bits per heavy atom. The molecule has 0 unspecified atom stereocenters. The molecule has 1 saturated heterocycles. The fourth-order valence-electron chi connectivity index (χ4n) is 2.77. The largest absolute Gasteiger partial charge is 0.435 e. The molecule has 128 valence electrons. The molecule has 0 saturated carbocycles. The summed E-state index contributed by atoms with van der Waals surface area (Å²) in [5, 5.41) is 0. The van der Waals surface area contributed by atoms with Gasteiger partial charge in [-0.05, 0) is 23.6 Å². The van der Waals surface area contributed by atoms with Crippen LogP contribution in [0.5, 0.6) is 5.75 Å². The van der Waals surface area contributed by atoms with Crippen molar-refractivity contribution >= 4 is 5.91 Å². The van der Waals surface area contributed by atoms with Crippen molar-refractivity contribution in [3.63, 3.8) is 0 Å². The molecule has 1 aliphatic rings. The molecule has 1 aliphatic heterocycles. The standard InChI is InChI=1S/C17H24F2N2O2/c1-13(2)12-20-7-9-21(10-8-20)16(22)11-14-3-5-15(6-4-14)23-17(18)19/h3-6,13,17H,7-12H2,1-2H3. The third-order valence-electron chi connectivity index (χ3n) is 3.85. The normalized spacial score (nSPS) is 16.2. The molecule has 0 atom stereocenters. The predicted molar refractivity (Wildman–Crippen MR) is 84.6 cm³/mol. The lowest BCUT2D eigenvalue weighted by molar-refractivity contribution is -0.132. The average Bonchev–Trinajstić information content (AvgIpc) is 2.49. The molecular formula is C17H24F2N2O2. The molecule has 0 aliphatic carbocycles. The highest BCUT2D eigenvalue weighted by molar-refractivity contribution is 5.78. The Hall–Kier alpha value is -1.69. The Morgan fingerprint density at radius 3 is 2.26 bits per heavy atom. The maximum atomic E-state index is 12.3. The van der Waals surface area contributed by atoms with Crippen molar-refractivity contribution in [2.45, 2.75) is 26.9 Å². The number of ether oxygens (including phenoxy) is 1. The number of halogens is 2. The molecule has 0 N–H and O–H groups in total. The fourth-order valence-corrected chi connectivity index (χ4v) is 2.77. The third-order valence-corrected chi connectivity index (χ3v) is 3.85. The molecule has 1 aromatic rings. The molecular weight excluding hydrogens is 302 g/mol. The quantitative estimate of drug-likeness (QED) is 0.806. The molecule has 4 nitrogen and oxygen atoms in total. The summed E-state index contributed by atoms with van der Waals surface area (Å²) in [5.74, 6) is 0.821. The number of alkyl halides is 2. The lowest BCUT2D eigenvalue weighted by Gasteiger charge is -2.35. The number of amides is 1. The first-order valence-electron chi connectivity index (χ1n) is 7.98. The number of carbonyl (C=O) groups excluding carboxylic acids is 1. The van der Waals surface area contributed by atoms with Crippen LogP contribution in [-0.4, -0.2) is 55.0 Å². The third kappa shape index (κ3) is 5.78. The van der Waals surface area contributed by atoms with Crippen molar-refractivity contribution in [3.05, 3.63) is 29.8 Å². The molecule has 0 radical (unpaired) electrons. The van der Waals surface area contributed by atoms with Crippen molar-refractivity contribution in [2.24, 2.45) is 5.92 Å². The zero-order valence-corrected chi connectivity index (χ0v) is 13.7.